The minimum absolute atomic E-state index is 0.00954. The first-order valence-corrected chi connectivity index (χ1v) is 16.0. The van der Waals surface area contributed by atoms with Gasteiger partial charge in [-0.1, -0.05) is 83.5 Å². The van der Waals surface area contributed by atoms with Gasteiger partial charge < -0.3 is 15.0 Å². The zero-order chi connectivity index (χ0) is 30.2. The van der Waals surface area contributed by atoms with Crippen molar-refractivity contribution in [3.63, 3.8) is 0 Å². The molecule has 42 heavy (non-hydrogen) atoms. The highest BCUT2D eigenvalue weighted by molar-refractivity contribution is 9.10. The molecule has 0 aromatic heterocycles. The molecule has 1 N–H and O–H groups in total. The summed E-state index contributed by atoms with van der Waals surface area (Å²) in [4.78, 5) is 28.8. The van der Waals surface area contributed by atoms with E-state index in [0.717, 1.165) is 67.3 Å². The third-order valence-electron chi connectivity index (χ3n) is 8.35. The Kier molecular flexibility index (Phi) is 11.0. The van der Waals surface area contributed by atoms with Crippen LogP contribution in [0.4, 0.5) is 0 Å². The number of benzene rings is 3. The summed E-state index contributed by atoms with van der Waals surface area (Å²) in [5, 5.41) is 3.30. The van der Waals surface area contributed by atoms with Crippen LogP contribution in [0.2, 0.25) is 0 Å². The van der Waals surface area contributed by atoms with E-state index in [1.54, 1.807) is 0 Å². The Bertz CT molecular complexity index is 1310. The van der Waals surface area contributed by atoms with E-state index in [0.29, 0.717) is 12.0 Å². The van der Waals surface area contributed by atoms with Crippen LogP contribution in [0.25, 0.3) is 11.1 Å². The third kappa shape index (κ3) is 8.78. The van der Waals surface area contributed by atoms with Crippen LogP contribution in [0, 0.1) is 0 Å². The van der Waals surface area contributed by atoms with E-state index in [1.165, 1.54) is 5.56 Å². The van der Waals surface area contributed by atoms with Gasteiger partial charge in [-0.05, 0) is 94.3 Å². The van der Waals surface area contributed by atoms with Crippen molar-refractivity contribution < 1.29 is 14.3 Å². The van der Waals surface area contributed by atoms with Crippen molar-refractivity contribution in [3.8, 4) is 11.1 Å². The van der Waals surface area contributed by atoms with Gasteiger partial charge in [0, 0.05) is 34.6 Å². The topological polar surface area (TPSA) is 58.6 Å². The molecule has 0 bridgehead atoms. The molecule has 1 fully saturated rings. The normalized spacial score (nSPS) is 16.0. The van der Waals surface area contributed by atoms with E-state index in [4.69, 9.17) is 4.74 Å². The molecule has 0 saturated carbocycles. The summed E-state index contributed by atoms with van der Waals surface area (Å²) in [6.07, 6.45) is 5.06. The smallest absolute Gasteiger partial charge is 0.307 e. The fourth-order valence-corrected chi connectivity index (χ4v) is 6.32. The van der Waals surface area contributed by atoms with Crippen molar-refractivity contribution in [2.45, 2.75) is 83.3 Å². The molecule has 0 spiro atoms. The van der Waals surface area contributed by atoms with Crippen LogP contribution in [0.5, 0.6) is 0 Å². The summed E-state index contributed by atoms with van der Waals surface area (Å²) in [6.45, 7) is 10.8. The standard InChI is InChI=1S/C36H45BrN2O3/c1-5-36(28-12-7-6-8-13-28,26-33(40)42-35(2,3)4)22-11-23-39-24-20-30(21-25-39)38-34(41)32-15-10-9-14-31(32)27-16-18-29(37)19-17-27/h6-10,12-19,30H,5,11,20-26H2,1-4H3,(H,38,41). The maximum absolute atomic E-state index is 13.3. The lowest BCUT2D eigenvalue weighted by atomic mass is 9.72. The first kappa shape index (κ1) is 32.0. The lowest BCUT2D eigenvalue weighted by molar-refractivity contribution is -0.156. The fraction of sp³-hybridized carbons (Fsp3) is 0.444. The number of hydrogen-bond acceptors (Lipinski definition) is 4. The molecular weight excluding hydrogens is 588 g/mol. The molecule has 5 nitrogen and oxygen atoms in total. The number of carbonyl (C=O) groups is 2. The minimum Gasteiger partial charge on any atom is -0.460 e. The lowest BCUT2D eigenvalue weighted by Gasteiger charge is -2.36. The quantitative estimate of drug-likeness (QED) is 0.217. The Morgan fingerprint density at radius 2 is 1.57 bits per heavy atom. The molecule has 1 aliphatic heterocycles. The monoisotopic (exact) mass is 632 g/mol. The van der Waals surface area contributed by atoms with Crippen molar-refractivity contribution in [3.05, 3.63) is 94.5 Å². The summed E-state index contributed by atoms with van der Waals surface area (Å²) < 4.78 is 6.76. The highest BCUT2D eigenvalue weighted by atomic mass is 79.9. The van der Waals surface area contributed by atoms with Gasteiger partial charge in [0.05, 0.1) is 6.42 Å². The number of piperidine rings is 1. The minimum atomic E-state index is -0.492. The third-order valence-corrected chi connectivity index (χ3v) is 8.87. The first-order valence-electron chi connectivity index (χ1n) is 15.2. The number of halogens is 1. The van der Waals surface area contributed by atoms with E-state index in [9.17, 15) is 9.59 Å². The summed E-state index contributed by atoms with van der Waals surface area (Å²) in [7, 11) is 0. The van der Waals surface area contributed by atoms with Crippen LogP contribution >= 0.6 is 15.9 Å². The lowest BCUT2D eigenvalue weighted by Crippen LogP contribution is -2.45. The number of nitrogens with zero attached hydrogens (tertiary/aromatic N) is 1. The Balaban J connectivity index is 1.31. The van der Waals surface area contributed by atoms with Crippen molar-refractivity contribution in [2.75, 3.05) is 19.6 Å². The van der Waals surface area contributed by atoms with E-state index >= 15 is 0 Å². The molecule has 1 unspecified atom stereocenters. The molecule has 4 rings (SSSR count). The number of hydrogen-bond donors (Lipinski definition) is 1. The number of ether oxygens (including phenoxy) is 1. The summed E-state index contributed by atoms with van der Waals surface area (Å²) >= 11 is 3.49. The van der Waals surface area contributed by atoms with E-state index in [-0.39, 0.29) is 23.3 Å². The van der Waals surface area contributed by atoms with Gasteiger partial charge >= 0.3 is 5.97 Å². The molecule has 1 atom stereocenters. The average molecular weight is 634 g/mol. The van der Waals surface area contributed by atoms with E-state index in [2.05, 4.69) is 57.3 Å². The van der Waals surface area contributed by atoms with Gasteiger partial charge in [-0.2, -0.15) is 0 Å². The molecule has 3 aromatic carbocycles. The zero-order valence-electron chi connectivity index (χ0n) is 25.5. The second-order valence-corrected chi connectivity index (χ2v) is 13.4. The molecule has 1 saturated heterocycles. The molecule has 3 aromatic rings. The Labute approximate surface area is 260 Å². The first-order chi connectivity index (χ1) is 20.1. The van der Waals surface area contributed by atoms with Gasteiger partial charge in [-0.3, -0.25) is 9.59 Å². The van der Waals surface area contributed by atoms with Crippen LogP contribution in [0.15, 0.2) is 83.3 Å². The van der Waals surface area contributed by atoms with Crippen molar-refractivity contribution >= 4 is 27.8 Å². The summed E-state index contributed by atoms with van der Waals surface area (Å²) in [5.74, 6) is -0.142. The van der Waals surface area contributed by atoms with Gasteiger partial charge in [0.1, 0.15) is 5.60 Å². The molecular formula is C36H45BrN2O3. The number of esters is 1. The number of carbonyl (C=O) groups excluding carboxylic acids is 2. The number of nitrogens with one attached hydrogen (secondary N) is 1. The van der Waals surface area contributed by atoms with Crippen molar-refractivity contribution in [2.24, 2.45) is 0 Å². The number of likely N-dealkylation sites (tertiary alicyclic amines) is 1. The van der Waals surface area contributed by atoms with Crippen LogP contribution < -0.4 is 5.32 Å². The van der Waals surface area contributed by atoms with Gasteiger partial charge in [0.25, 0.3) is 5.91 Å². The van der Waals surface area contributed by atoms with Crippen LogP contribution in [0.1, 0.15) is 82.1 Å². The number of amides is 1. The molecule has 1 aliphatic rings. The zero-order valence-corrected chi connectivity index (χ0v) is 27.1. The highest BCUT2D eigenvalue weighted by Gasteiger charge is 2.35. The SMILES string of the molecule is CCC(CCCN1CCC(NC(=O)c2ccccc2-c2ccc(Br)cc2)CC1)(CC(=O)OC(C)(C)C)c1ccccc1. The highest BCUT2D eigenvalue weighted by Crippen LogP contribution is 2.37. The molecule has 6 heteroatoms. The predicted molar refractivity (Wildman–Crippen MR) is 175 cm³/mol. The second kappa shape index (κ2) is 14.5. The Morgan fingerprint density at radius 1 is 0.929 bits per heavy atom. The Hall–Kier alpha value is -2.96. The van der Waals surface area contributed by atoms with Gasteiger partial charge in [-0.25, -0.2) is 0 Å². The molecule has 224 valence electrons. The second-order valence-electron chi connectivity index (χ2n) is 12.5. The number of rotatable bonds is 11. The van der Waals surface area contributed by atoms with Gasteiger partial charge in [0.15, 0.2) is 0 Å². The maximum Gasteiger partial charge on any atom is 0.307 e. The van der Waals surface area contributed by atoms with E-state index < -0.39 is 5.60 Å². The van der Waals surface area contributed by atoms with Crippen molar-refractivity contribution in [1.29, 1.82) is 0 Å². The summed E-state index contributed by atoms with van der Waals surface area (Å²) in [5.41, 5.74) is 3.17. The predicted octanol–water partition coefficient (Wildman–Crippen LogP) is 8.17. The Morgan fingerprint density at radius 3 is 2.21 bits per heavy atom. The van der Waals surface area contributed by atoms with Crippen LogP contribution in [-0.2, 0) is 14.9 Å². The fourth-order valence-electron chi connectivity index (χ4n) is 6.05. The molecule has 0 radical (unpaired) electrons. The summed E-state index contributed by atoms with van der Waals surface area (Å²) in [6, 6.07) is 26.5. The molecule has 0 aliphatic carbocycles. The van der Waals surface area contributed by atoms with Crippen LogP contribution in [0.3, 0.4) is 0 Å². The molecule has 1 heterocycles. The van der Waals surface area contributed by atoms with Gasteiger partial charge in [-0.15, -0.1) is 0 Å². The van der Waals surface area contributed by atoms with E-state index in [1.807, 2.05) is 75.4 Å². The van der Waals surface area contributed by atoms with Crippen LogP contribution in [-0.4, -0.2) is 48.1 Å². The molecule has 1 amide bonds. The largest absolute Gasteiger partial charge is 0.460 e. The maximum atomic E-state index is 13.3. The van der Waals surface area contributed by atoms with Gasteiger partial charge in [0.2, 0.25) is 0 Å². The van der Waals surface area contributed by atoms with Crippen molar-refractivity contribution in [1.82, 2.24) is 10.2 Å². The average Bonchev–Trinajstić information content (AvgIpc) is 2.97.